The van der Waals surface area contributed by atoms with Gasteiger partial charge in [0.05, 0.1) is 18.0 Å². The van der Waals surface area contributed by atoms with Gasteiger partial charge in [0.15, 0.2) is 9.84 Å². The SMILES string of the molecule is COC(=O)C1(c2ccc(Br)cc2)CCN(C(=O)NC(c2ccc(Cl)cc2)c2cccc(S(C)(=O)=O)c2)C1. The lowest BCUT2D eigenvalue weighted by molar-refractivity contribution is -0.147. The Morgan fingerprint density at radius 2 is 1.73 bits per heavy atom. The molecule has 2 amide bonds. The van der Waals surface area contributed by atoms with Crippen LogP contribution in [0.5, 0.6) is 0 Å². The average molecular weight is 606 g/mol. The molecule has 3 aromatic carbocycles. The summed E-state index contributed by atoms with van der Waals surface area (Å²) >= 11 is 9.50. The zero-order valence-electron chi connectivity index (χ0n) is 20.3. The highest BCUT2D eigenvalue weighted by Gasteiger charge is 2.48. The molecule has 1 N–H and O–H groups in total. The number of sulfone groups is 1. The van der Waals surface area contributed by atoms with E-state index in [1.54, 1.807) is 47.4 Å². The lowest BCUT2D eigenvalue weighted by Gasteiger charge is -2.28. The van der Waals surface area contributed by atoms with E-state index in [1.807, 2.05) is 24.3 Å². The second kappa shape index (κ2) is 10.8. The topological polar surface area (TPSA) is 92.8 Å². The Morgan fingerprint density at radius 1 is 1.05 bits per heavy atom. The van der Waals surface area contributed by atoms with E-state index in [0.717, 1.165) is 21.9 Å². The van der Waals surface area contributed by atoms with Crippen molar-refractivity contribution in [2.24, 2.45) is 0 Å². The second-order valence-corrected chi connectivity index (χ2v) is 12.4. The number of likely N-dealkylation sites (tertiary alicyclic amines) is 1. The van der Waals surface area contributed by atoms with Crippen molar-refractivity contribution in [2.75, 3.05) is 26.5 Å². The summed E-state index contributed by atoms with van der Waals surface area (Å²) in [5.41, 5.74) is 1.12. The number of esters is 1. The van der Waals surface area contributed by atoms with E-state index in [0.29, 0.717) is 23.6 Å². The lowest BCUT2D eigenvalue weighted by Crippen LogP contribution is -2.45. The van der Waals surface area contributed by atoms with Gasteiger partial charge in [0.2, 0.25) is 0 Å². The van der Waals surface area contributed by atoms with E-state index in [-0.39, 0.29) is 17.5 Å². The standard InChI is InChI=1S/C27H26BrClN2O5S/c1-36-25(32)27(20-8-10-21(28)11-9-20)14-15-31(17-27)26(33)30-24(18-6-12-22(29)13-7-18)19-4-3-5-23(16-19)37(2,34)35/h3-13,16,24H,14-15,17H2,1-2H3,(H,30,33). The number of hydrogen-bond donors (Lipinski definition) is 1. The largest absolute Gasteiger partial charge is 0.468 e. The molecule has 0 spiro atoms. The van der Waals surface area contributed by atoms with Crippen molar-refractivity contribution in [1.82, 2.24) is 10.2 Å². The number of ether oxygens (including phenoxy) is 1. The number of nitrogens with one attached hydrogen (secondary N) is 1. The first-order valence-corrected chi connectivity index (χ1v) is 14.5. The molecule has 3 aromatic rings. The van der Waals surface area contributed by atoms with Crippen LogP contribution >= 0.6 is 27.5 Å². The van der Waals surface area contributed by atoms with Crippen LogP contribution in [0.3, 0.4) is 0 Å². The van der Waals surface area contributed by atoms with Gasteiger partial charge in [-0.3, -0.25) is 4.79 Å². The number of amides is 2. The lowest BCUT2D eigenvalue weighted by atomic mass is 9.79. The molecule has 194 valence electrons. The molecule has 1 saturated heterocycles. The highest BCUT2D eigenvalue weighted by Crippen LogP contribution is 2.37. The van der Waals surface area contributed by atoms with Crippen LogP contribution in [0.4, 0.5) is 4.79 Å². The molecule has 37 heavy (non-hydrogen) atoms. The van der Waals surface area contributed by atoms with Crippen LogP contribution in [-0.4, -0.2) is 51.8 Å². The van der Waals surface area contributed by atoms with Gasteiger partial charge in [-0.2, -0.15) is 0 Å². The second-order valence-electron chi connectivity index (χ2n) is 9.03. The summed E-state index contributed by atoms with van der Waals surface area (Å²) in [6.45, 7) is 0.484. The Kier molecular flexibility index (Phi) is 7.96. The van der Waals surface area contributed by atoms with Gasteiger partial charge in [0.1, 0.15) is 5.41 Å². The Hall–Kier alpha value is -2.88. The minimum atomic E-state index is -3.45. The number of hydrogen-bond acceptors (Lipinski definition) is 5. The molecular weight excluding hydrogens is 580 g/mol. The van der Waals surface area contributed by atoms with Crippen molar-refractivity contribution in [1.29, 1.82) is 0 Å². The van der Waals surface area contributed by atoms with E-state index in [4.69, 9.17) is 16.3 Å². The van der Waals surface area contributed by atoms with Gasteiger partial charge in [-0.1, -0.05) is 63.9 Å². The fourth-order valence-corrected chi connectivity index (χ4v) is 5.69. The van der Waals surface area contributed by atoms with Gasteiger partial charge in [0.25, 0.3) is 0 Å². The number of rotatable bonds is 6. The molecule has 10 heteroatoms. The summed E-state index contributed by atoms with van der Waals surface area (Å²) < 4.78 is 30.4. The molecule has 0 aliphatic carbocycles. The summed E-state index contributed by atoms with van der Waals surface area (Å²) in [7, 11) is -2.11. The Bertz CT molecular complexity index is 1410. The van der Waals surface area contributed by atoms with Crippen LogP contribution in [0.25, 0.3) is 0 Å². The molecule has 2 unspecified atom stereocenters. The number of carbonyl (C=O) groups is 2. The quantitative estimate of drug-likeness (QED) is 0.394. The molecule has 1 aliphatic heterocycles. The van der Waals surface area contributed by atoms with E-state index < -0.39 is 27.3 Å². The van der Waals surface area contributed by atoms with Crippen molar-refractivity contribution < 1.29 is 22.7 Å². The van der Waals surface area contributed by atoms with E-state index >= 15 is 0 Å². The molecule has 4 rings (SSSR count). The number of nitrogens with zero attached hydrogens (tertiary/aromatic N) is 1. The van der Waals surface area contributed by atoms with Gasteiger partial charge in [-0.15, -0.1) is 0 Å². The molecule has 2 atom stereocenters. The minimum absolute atomic E-state index is 0.143. The smallest absolute Gasteiger partial charge is 0.318 e. The Balaban J connectivity index is 1.65. The zero-order valence-corrected chi connectivity index (χ0v) is 23.4. The molecule has 1 aliphatic rings. The predicted octanol–water partition coefficient (Wildman–Crippen LogP) is 5.12. The molecule has 1 heterocycles. The molecular formula is C27H26BrClN2O5S. The Morgan fingerprint density at radius 3 is 2.35 bits per heavy atom. The molecule has 0 radical (unpaired) electrons. The van der Waals surface area contributed by atoms with Gasteiger partial charge < -0.3 is 15.0 Å². The third-order valence-electron chi connectivity index (χ3n) is 6.62. The van der Waals surface area contributed by atoms with Crippen LogP contribution in [0.15, 0.2) is 82.2 Å². The summed E-state index contributed by atoms with van der Waals surface area (Å²) in [6.07, 6.45) is 1.55. The van der Waals surface area contributed by atoms with Crippen LogP contribution < -0.4 is 5.32 Å². The number of methoxy groups -OCH3 is 1. The first-order valence-electron chi connectivity index (χ1n) is 11.5. The number of urea groups is 1. The van der Waals surface area contributed by atoms with Crippen molar-refractivity contribution in [3.8, 4) is 0 Å². The van der Waals surface area contributed by atoms with Crippen molar-refractivity contribution in [2.45, 2.75) is 22.8 Å². The highest BCUT2D eigenvalue weighted by molar-refractivity contribution is 9.10. The highest BCUT2D eigenvalue weighted by atomic mass is 79.9. The van der Waals surface area contributed by atoms with Crippen LogP contribution in [-0.2, 0) is 24.8 Å². The average Bonchev–Trinajstić information content (AvgIpc) is 3.34. The third-order valence-corrected chi connectivity index (χ3v) is 8.51. The number of carbonyl (C=O) groups excluding carboxylic acids is 2. The summed E-state index contributed by atoms with van der Waals surface area (Å²) in [4.78, 5) is 28.2. The van der Waals surface area contributed by atoms with Crippen LogP contribution in [0, 0.1) is 0 Å². The Labute approximate surface area is 229 Å². The van der Waals surface area contributed by atoms with Gasteiger partial charge in [0, 0.05) is 28.8 Å². The molecule has 0 bridgehead atoms. The van der Waals surface area contributed by atoms with E-state index in [9.17, 15) is 18.0 Å². The summed E-state index contributed by atoms with van der Waals surface area (Å²) in [6, 6.07) is 19.9. The summed E-state index contributed by atoms with van der Waals surface area (Å²) in [5.74, 6) is -0.403. The first-order chi connectivity index (χ1) is 17.5. The van der Waals surface area contributed by atoms with Gasteiger partial charge in [-0.25, -0.2) is 13.2 Å². The predicted molar refractivity (Wildman–Crippen MR) is 145 cm³/mol. The molecule has 0 aromatic heterocycles. The zero-order chi connectivity index (χ0) is 26.8. The fraction of sp³-hybridized carbons (Fsp3) is 0.259. The van der Waals surface area contributed by atoms with E-state index in [2.05, 4.69) is 21.2 Å². The number of benzene rings is 3. The maximum atomic E-state index is 13.5. The maximum Gasteiger partial charge on any atom is 0.318 e. The van der Waals surface area contributed by atoms with Crippen LogP contribution in [0.1, 0.15) is 29.2 Å². The molecule has 0 saturated carbocycles. The van der Waals surface area contributed by atoms with Gasteiger partial charge in [-0.05, 0) is 59.5 Å². The minimum Gasteiger partial charge on any atom is -0.468 e. The monoisotopic (exact) mass is 604 g/mol. The van der Waals surface area contributed by atoms with Gasteiger partial charge >= 0.3 is 12.0 Å². The normalized spacial score (nSPS) is 18.3. The molecule has 1 fully saturated rings. The van der Waals surface area contributed by atoms with E-state index in [1.165, 1.54) is 13.2 Å². The molecule has 7 nitrogen and oxygen atoms in total. The van der Waals surface area contributed by atoms with Crippen molar-refractivity contribution >= 4 is 49.4 Å². The van der Waals surface area contributed by atoms with Crippen molar-refractivity contribution in [3.63, 3.8) is 0 Å². The maximum absolute atomic E-state index is 13.5. The van der Waals surface area contributed by atoms with Crippen molar-refractivity contribution in [3.05, 3.63) is 99.0 Å². The number of halogens is 2. The summed E-state index contributed by atoms with van der Waals surface area (Å²) in [5, 5.41) is 3.57. The van der Waals surface area contributed by atoms with Crippen LogP contribution in [0.2, 0.25) is 5.02 Å². The fourth-order valence-electron chi connectivity index (χ4n) is 4.62. The first kappa shape index (κ1) is 27.2. The third kappa shape index (κ3) is 5.84.